The van der Waals surface area contributed by atoms with Gasteiger partial charge in [-0.3, -0.25) is 0 Å². The van der Waals surface area contributed by atoms with Gasteiger partial charge >= 0.3 is 0 Å². The van der Waals surface area contributed by atoms with Crippen molar-refractivity contribution in [1.29, 1.82) is 0 Å². The number of thioether (sulfide) groups is 1. The van der Waals surface area contributed by atoms with Gasteiger partial charge in [0.2, 0.25) is 5.89 Å². The van der Waals surface area contributed by atoms with Crippen molar-refractivity contribution in [2.24, 2.45) is 0 Å². The molecule has 0 aliphatic rings. The summed E-state index contributed by atoms with van der Waals surface area (Å²) in [6, 6.07) is 11.2. The van der Waals surface area contributed by atoms with E-state index >= 15 is 0 Å². The third-order valence-electron chi connectivity index (χ3n) is 3.31. The fourth-order valence-electron chi connectivity index (χ4n) is 2.20. The van der Waals surface area contributed by atoms with Gasteiger partial charge in [-0.05, 0) is 52.3 Å². The Kier molecular flexibility index (Phi) is 4.30. The largest absolute Gasteiger partial charge is 0.411 e. The molecule has 120 valence electrons. The molecule has 3 aromatic heterocycles. The summed E-state index contributed by atoms with van der Waals surface area (Å²) in [6.45, 7) is 0. The molecule has 0 unspecified atom stereocenters. The molecule has 0 saturated carbocycles. The van der Waals surface area contributed by atoms with Crippen LogP contribution < -0.4 is 0 Å². The Morgan fingerprint density at radius 1 is 1.08 bits per heavy atom. The summed E-state index contributed by atoms with van der Waals surface area (Å²) in [5.41, 5.74) is 2.70. The fourth-order valence-corrected chi connectivity index (χ4v) is 3.33. The number of fused-ring (bicyclic) bond motifs is 1. The smallest absolute Gasteiger partial charge is 0.277 e. The summed E-state index contributed by atoms with van der Waals surface area (Å²) in [7, 11) is 0. The van der Waals surface area contributed by atoms with Gasteiger partial charge in [-0.25, -0.2) is 4.98 Å². The first kappa shape index (κ1) is 15.7. The highest BCUT2D eigenvalue weighted by Gasteiger charge is 2.10. The number of rotatable bonds is 4. The van der Waals surface area contributed by atoms with Crippen LogP contribution in [0.3, 0.4) is 0 Å². The first-order valence-electron chi connectivity index (χ1n) is 7.03. The van der Waals surface area contributed by atoms with Crippen LogP contribution in [-0.2, 0) is 5.75 Å². The van der Waals surface area contributed by atoms with Gasteiger partial charge in [0.05, 0.1) is 5.69 Å². The van der Waals surface area contributed by atoms with Gasteiger partial charge < -0.3 is 8.82 Å². The second-order valence-corrected chi connectivity index (χ2v) is 7.29. The number of hydrogen-bond acceptors (Lipinski definition) is 5. The van der Waals surface area contributed by atoms with Crippen LogP contribution in [0.2, 0.25) is 5.02 Å². The normalized spacial score (nSPS) is 11.2. The second kappa shape index (κ2) is 6.58. The SMILES string of the molecule is Clc1ccc(-c2nnc(SCc3cn4cc(Br)ccc4n3)o2)cc1. The molecule has 5 nitrogen and oxygen atoms in total. The fraction of sp³-hybridized carbons (Fsp3) is 0.0625. The molecule has 0 atom stereocenters. The monoisotopic (exact) mass is 420 g/mol. The summed E-state index contributed by atoms with van der Waals surface area (Å²) in [5, 5.41) is 9.32. The highest BCUT2D eigenvalue weighted by atomic mass is 79.9. The van der Waals surface area contributed by atoms with Crippen LogP contribution in [0.25, 0.3) is 17.1 Å². The van der Waals surface area contributed by atoms with Gasteiger partial charge in [0.1, 0.15) is 5.65 Å². The predicted molar refractivity (Wildman–Crippen MR) is 97.2 cm³/mol. The number of benzene rings is 1. The molecule has 1 aromatic carbocycles. The molecule has 0 N–H and O–H groups in total. The van der Waals surface area contributed by atoms with Gasteiger partial charge in [0, 0.05) is 33.2 Å². The van der Waals surface area contributed by atoms with E-state index in [2.05, 4.69) is 31.1 Å². The van der Waals surface area contributed by atoms with Gasteiger partial charge in [0.25, 0.3) is 5.22 Å². The van der Waals surface area contributed by atoms with Crippen molar-refractivity contribution >= 4 is 44.9 Å². The van der Waals surface area contributed by atoms with Crippen molar-refractivity contribution in [2.75, 3.05) is 0 Å². The Hall–Kier alpha value is -1.83. The first-order chi connectivity index (χ1) is 11.7. The lowest BCUT2D eigenvalue weighted by Gasteiger charge is -1.94. The molecular weight excluding hydrogens is 412 g/mol. The number of aromatic nitrogens is 4. The van der Waals surface area contributed by atoms with E-state index in [9.17, 15) is 0 Å². The molecular formula is C16H10BrClN4OS. The van der Waals surface area contributed by atoms with Crippen LogP contribution in [-0.4, -0.2) is 19.6 Å². The van der Waals surface area contributed by atoms with E-state index in [0.29, 0.717) is 21.9 Å². The maximum Gasteiger partial charge on any atom is 0.277 e. The highest BCUT2D eigenvalue weighted by Crippen LogP contribution is 2.26. The van der Waals surface area contributed by atoms with Gasteiger partial charge in [-0.15, -0.1) is 10.2 Å². The van der Waals surface area contributed by atoms with Crippen molar-refractivity contribution < 1.29 is 4.42 Å². The molecule has 4 aromatic rings. The van der Waals surface area contributed by atoms with E-state index in [-0.39, 0.29) is 0 Å². The Morgan fingerprint density at radius 3 is 2.75 bits per heavy atom. The molecule has 24 heavy (non-hydrogen) atoms. The summed E-state index contributed by atoms with van der Waals surface area (Å²) in [4.78, 5) is 4.56. The summed E-state index contributed by atoms with van der Waals surface area (Å²) in [5.74, 6) is 1.13. The Morgan fingerprint density at radius 2 is 1.92 bits per heavy atom. The zero-order valence-corrected chi connectivity index (χ0v) is 15.3. The van der Waals surface area contributed by atoms with E-state index in [0.717, 1.165) is 21.4 Å². The molecule has 3 heterocycles. The van der Waals surface area contributed by atoms with E-state index in [4.69, 9.17) is 16.0 Å². The minimum atomic E-state index is 0.480. The number of hydrogen-bond donors (Lipinski definition) is 0. The van der Waals surface area contributed by atoms with Crippen LogP contribution in [0.4, 0.5) is 0 Å². The molecule has 0 spiro atoms. The topological polar surface area (TPSA) is 56.2 Å². The zero-order chi connectivity index (χ0) is 16.5. The average Bonchev–Trinajstić information content (AvgIpc) is 3.19. The molecule has 4 rings (SSSR count). The van der Waals surface area contributed by atoms with Gasteiger partial charge in [-0.2, -0.15) is 0 Å². The Balaban J connectivity index is 1.48. The van der Waals surface area contributed by atoms with Crippen molar-refractivity contribution in [3.63, 3.8) is 0 Å². The first-order valence-corrected chi connectivity index (χ1v) is 9.18. The minimum Gasteiger partial charge on any atom is -0.411 e. The zero-order valence-electron chi connectivity index (χ0n) is 12.2. The molecule has 0 aliphatic carbocycles. The standard InChI is InChI=1S/C16H10BrClN4OS/c17-11-3-6-14-19-13(8-22(14)7-11)9-24-16-21-20-15(23-16)10-1-4-12(18)5-2-10/h1-8H,9H2. The van der Waals surface area contributed by atoms with Crippen molar-refractivity contribution in [2.45, 2.75) is 11.0 Å². The lowest BCUT2D eigenvalue weighted by atomic mass is 10.2. The van der Waals surface area contributed by atoms with Crippen molar-refractivity contribution in [1.82, 2.24) is 19.6 Å². The van der Waals surface area contributed by atoms with Crippen molar-refractivity contribution in [3.05, 3.63) is 64.0 Å². The molecule has 8 heteroatoms. The van der Waals surface area contributed by atoms with Crippen LogP contribution in [0.5, 0.6) is 0 Å². The molecule has 0 bridgehead atoms. The lowest BCUT2D eigenvalue weighted by molar-refractivity contribution is 0.466. The summed E-state index contributed by atoms with van der Waals surface area (Å²) in [6.07, 6.45) is 3.96. The van der Waals surface area contributed by atoms with E-state index in [1.165, 1.54) is 11.8 Å². The number of imidazole rings is 1. The van der Waals surface area contributed by atoms with Crippen LogP contribution in [0, 0.1) is 0 Å². The van der Waals surface area contributed by atoms with Gasteiger partial charge in [-0.1, -0.05) is 23.4 Å². The number of nitrogens with zero attached hydrogens (tertiary/aromatic N) is 4. The van der Waals surface area contributed by atoms with Gasteiger partial charge in [0.15, 0.2) is 0 Å². The quantitative estimate of drug-likeness (QED) is 0.429. The van der Waals surface area contributed by atoms with E-state index in [1.54, 1.807) is 12.1 Å². The van der Waals surface area contributed by atoms with E-state index < -0.39 is 0 Å². The summed E-state index contributed by atoms with van der Waals surface area (Å²) < 4.78 is 8.67. The minimum absolute atomic E-state index is 0.480. The average molecular weight is 422 g/mol. The van der Waals surface area contributed by atoms with Crippen molar-refractivity contribution in [3.8, 4) is 11.5 Å². The Bertz CT molecular complexity index is 999. The van der Waals surface area contributed by atoms with E-state index in [1.807, 2.05) is 41.1 Å². The molecule has 0 saturated heterocycles. The number of halogens is 2. The predicted octanol–water partition coefficient (Wildman–Crippen LogP) is 5.09. The lowest BCUT2D eigenvalue weighted by Crippen LogP contribution is -1.80. The van der Waals surface area contributed by atoms with Crippen LogP contribution in [0.15, 0.2) is 62.9 Å². The summed E-state index contributed by atoms with van der Waals surface area (Å²) >= 11 is 10.8. The third kappa shape index (κ3) is 3.33. The van der Waals surface area contributed by atoms with Crippen LogP contribution in [0.1, 0.15) is 5.69 Å². The highest BCUT2D eigenvalue weighted by molar-refractivity contribution is 9.10. The van der Waals surface area contributed by atoms with Crippen LogP contribution >= 0.6 is 39.3 Å². The third-order valence-corrected chi connectivity index (χ3v) is 4.88. The molecule has 0 radical (unpaired) electrons. The molecule has 0 aliphatic heterocycles. The second-order valence-electron chi connectivity index (χ2n) is 5.01. The maximum atomic E-state index is 5.88. The Labute approximate surface area is 155 Å². The maximum absolute atomic E-state index is 5.88. The number of pyridine rings is 1. The molecule has 0 fully saturated rings. The molecule has 0 amide bonds.